The second kappa shape index (κ2) is 8.16. The van der Waals surface area contributed by atoms with Crippen molar-refractivity contribution in [2.45, 2.75) is 0 Å². The SMILES string of the molecule is O=C(COC(=O)c1ccc2nc(-c3ccccc3)[nH]c2c1)Nc1ccccc1Cl. The van der Waals surface area contributed by atoms with Gasteiger partial charge in [0.25, 0.3) is 5.91 Å². The Morgan fingerprint density at radius 1 is 1.00 bits per heavy atom. The molecule has 0 saturated heterocycles. The summed E-state index contributed by atoms with van der Waals surface area (Å²) in [5.74, 6) is -0.359. The number of H-pyrrole nitrogens is 1. The summed E-state index contributed by atoms with van der Waals surface area (Å²) in [6.45, 7) is -0.416. The first-order chi connectivity index (χ1) is 14.1. The van der Waals surface area contributed by atoms with Crippen molar-refractivity contribution >= 4 is 40.2 Å². The van der Waals surface area contributed by atoms with E-state index in [1.54, 1.807) is 42.5 Å². The molecule has 0 unspecified atom stereocenters. The average Bonchev–Trinajstić information content (AvgIpc) is 3.18. The number of imidazole rings is 1. The molecule has 4 rings (SSSR count). The summed E-state index contributed by atoms with van der Waals surface area (Å²) in [5.41, 5.74) is 3.17. The highest BCUT2D eigenvalue weighted by Gasteiger charge is 2.13. The standard InChI is InChI=1S/C22H16ClN3O3/c23-16-8-4-5-9-17(16)24-20(27)13-29-22(28)15-10-11-18-19(12-15)26-21(25-18)14-6-2-1-3-7-14/h1-12H,13H2,(H,24,27)(H,25,26). The zero-order valence-electron chi connectivity index (χ0n) is 15.2. The van der Waals surface area contributed by atoms with Gasteiger partial charge in [-0.1, -0.05) is 54.1 Å². The highest BCUT2D eigenvalue weighted by molar-refractivity contribution is 6.33. The lowest BCUT2D eigenvalue weighted by Gasteiger charge is -2.08. The van der Waals surface area contributed by atoms with Gasteiger partial charge in [-0.2, -0.15) is 0 Å². The fourth-order valence-electron chi connectivity index (χ4n) is 2.83. The normalized spacial score (nSPS) is 10.7. The molecule has 7 heteroatoms. The number of rotatable bonds is 5. The summed E-state index contributed by atoms with van der Waals surface area (Å²) < 4.78 is 5.11. The Balaban J connectivity index is 1.43. The first-order valence-electron chi connectivity index (χ1n) is 8.87. The average molecular weight is 406 g/mol. The number of aromatic nitrogens is 2. The van der Waals surface area contributed by atoms with Crippen molar-refractivity contribution in [2.75, 3.05) is 11.9 Å². The molecule has 4 aromatic rings. The number of fused-ring (bicyclic) bond motifs is 1. The molecule has 0 aliphatic rings. The van der Waals surface area contributed by atoms with E-state index in [9.17, 15) is 9.59 Å². The van der Waals surface area contributed by atoms with Crippen LogP contribution in [0.2, 0.25) is 5.02 Å². The number of nitrogens with one attached hydrogen (secondary N) is 2. The van der Waals surface area contributed by atoms with Gasteiger partial charge in [-0.05, 0) is 30.3 Å². The monoisotopic (exact) mass is 405 g/mol. The number of benzene rings is 3. The van der Waals surface area contributed by atoms with Gasteiger partial charge in [0.1, 0.15) is 5.82 Å². The quantitative estimate of drug-likeness (QED) is 0.472. The molecule has 1 amide bonds. The lowest BCUT2D eigenvalue weighted by molar-refractivity contribution is -0.119. The van der Waals surface area contributed by atoms with Crippen LogP contribution in [-0.2, 0) is 9.53 Å². The predicted molar refractivity (Wildman–Crippen MR) is 112 cm³/mol. The van der Waals surface area contributed by atoms with Crippen LogP contribution in [0.15, 0.2) is 72.8 Å². The number of esters is 1. The second-order valence-corrected chi connectivity index (χ2v) is 6.69. The Kier molecular flexibility index (Phi) is 5.27. The fourth-order valence-corrected chi connectivity index (χ4v) is 3.02. The van der Waals surface area contributed by atoms with Crippen LogP contribution in [0.4, 0.5) is 5.69 Å². The highest BCUT2D eigenvalue weighted by atomic mass is 35.5. The van der Waals surface area contributed by atoms with Gasteiger partial charge in [-0.15, -0.1) is 0 Å². The van der Waals surface area contributed by atoms with Crippen molar-refractivity contribution in [3.8, 4) is 11.4 Å². The molecule has 0 bridgehead atoms. The first kappa shape index (κ1) is 18.7. The summed E-state index contributed by atoms with van der Waals surface area (Å²) in [6.07, 6.45) is 0. The third-order valence-electron chi connectivity index (χ3n) is 4.25. The van der Waals surface area contributed by atoms with Crippen molar-refractivity contribution in [3.05, 3.63) is 83.4 Å². The third-order valence-corrected chi connectivity index (χ3v) is 4.58. The number of amides is 1. The molecule has 0 saturated carbocycles. The number of anilines is 1. The number of halogens is 1. The van der Waals surface area contributed by atoms with Crippen molar-refractivity contribution < 1.29 is 14.3 Å². The molecular formula is C22H16ClN3O3. The predicted octanol–water partition coefficient (Wildman–Crippen LogP) is 4.68. The molecule has 2 N–H and O–H groups in total. The zero-order chi connectivity index (χ0) is 20.2. The van der Waals surface area contributed by atoms with Gasteiger partial charge in [0, 0.05) is 5.56 Å². The molecule has 0 radical (unpaired) electrons. The second-order valence-electron chi connectivity index (χ2n) is 6.29. The van der Waals surface area contributed by atoms with Crippen LogP contribution in [0.3, 0.4) is 0 Å². The van der Waals surface area contributed by atoms with E-state index in [2.05, 4.69) is 15.3 Å². The molecule has 29 heavy (non-hydrogen) atoms. The van der Waals surface area contributed by atoms with E-state index >= 15 is 0 Å². The lowest BCUT2D eigenvalue weighted by Crippen LogP contribution is -2.21. The summed E-state index contributed by atoms with van der Waals surface area (Å²) in [7, 11) is 0. The van der Waals surface area contributed by atoms with Crippen molar-refractivity contribution in [1.29, 1.82) is 0 Å². The minimum Gasteiger partial charge on any atom is -0.452 e. The molecule has 0 fully saturated rings. The molecule has 1 aromatic heterocycles. The first-order valence-corrected chi connectivity index (χ1v) is 9.24. The molecule has 144 valence electrons. The Labute approximate surface area is 171 Å². The van der Waals surface area contributed by atoms with E-state index in [1.165, 1.54) is 0 Å². The Morgan fingerprint density at radius 2 is 1.76 bits per heavy atom. The molecule has 6 nitrogen and oxygen atoms in total. The van der Waals surface area contributed by atoms with E-state index in [0.717, 1.165) is 11.1 Å². The minimum absolute atomic E-state index is 0.325. The molecule has 1 heterocycles. The van der Waals surface area contributed by atoms with Crippen molar-refractivity contribution in [1.82, 2.24) is 9.97 Å². The topological polar surface area (TPSA) is 84.1 Å². The van der Waals surface area contributed by atoms with Gasteiger partial charge in [-0.25, -0.2) is 9.78 Å². The molecule has 0 aliphatic carbocycles. The number of aromatic amines is 1. The Bertz CT molecular complexity index is 1190. The van der Waals surface area contributed by atoms with Gasteiger partial charge < -0.3 is 15.0 Å². The summed E-state index contributed by atoms with van der Waals surface area (Å²) in [6, 6.07) is 21.5. The van der Waals surface area contributed by atoms with Crippen LogP contribution in [-0.4, -0.2) is 28.5 Å². The number of hydrogen-bond acceptors (Lipinski definition) is 4. The van der Waals surface area contributed by atoms with Crippen LogP contribution in [0, 0.1) is 0 Å². The molecule has 0 aliphatic heterocycles. The van der Waals surface area contributed by atoms with Crippen LogP contribution in [0.5, 0.6) is 0 Å². The van der Waals surface area contributed by atoms with Gasteiger partial charge >= 0.3 is 5.97 Å². The number of carbonyl (C=O) groups excluding carboxylic acids is 2. The Hall–Kier alpha value is -3.64. The van der Waals surface area contributed by atoms with Crippen LogP contribution < -0.4 is 5.32 Å². The van der Waals surface area contributed by atoms with E-state index in [-0.39, 0.29) is 0 Å². The number of para-hydroxylation sites is 1. The maximum absolute atomic E-state index is 12.3. The number of hydrogen-bond donors (Lipinski definition) is 2. The van der Waals surface area contributed by atoms with Crippen molar-refractivity contribution in [2.24, 2.45) is 0 Å². The van der Waals surface area contributed by atoms with Gasteiger partial charge in [0.15, 0.2) is 6.61 Å². The number of nitrogens with zero attached hydrogens (tertiary/aromatic N) is 1. The van der Waals surface area contributed by atoms with E-state index in [0.29, 0.717) is 27.6 Å². The minimum atomic E-state index is -0.600. The van der Waals surface area contributed by atoms with Crippen LogP contribution in [0.1, 0.15) is 10.4 Å². The van der Waals surface area contributed by atoms with E-state index in [1.807, 2.05) is 30.3 Å². The lowest BCUT2D eigenvalue weighted by atomic mass is 10.2. The largest absolute Gasteiger partial charge is 0.452 e. The summed E-state index contributed by atoms with van der Waals surface area (Å²) in [4.78, 5) is 32.1. The number of ether oxygens (including phenoxy) is 1. The maximum atomic E-state index is 12.3. The number of carbonyl (C=O) groups is 2. The molecular weight excluding hydrogens is 390 g/mol. The Morgan fingerprint density at radius 3 is 2.55 bits per heavy atom. The molecule has 0 spiro atoms. The molecule has 0 atom stereocenters. The fraction of sp³-hybridized carbons (Fsp3) is 0.0455. The van der Waals surface area contributed by atoms with Crippen LogP contribution in [0.25, 0.3) is 22.4 Å². The third kappa shape index (κ3) is 4.28. The summed E-state index contributed by atoms with van der Waals surface area (Å²) in [5, 5.41) is 3.01. The summed E-state index contributed by atoms with van der Waals surface area (Å²) >= 11 is 6.00. The molecule has 3 aromatic carbocycles. The highest BCUT2D eigenvalue weighted by Crippen LogP contribution is 2.22. The smallest absolute Gasteiger partial charge is 0.338 e. The maximum Gasteiger partial charge on any atom is 0.338 e. The van der Waals surface area contributed by atoms with Gasteiger partial charge in [-0.3, -0.25) is 4.79 Å². The zero-order valence-corrected chi connectivity index (χ0v) is 15.9. The van der Waals surface area contributed by atoms with Crippen molar-refractivity contribution in [3.63, 3.8) is 0 Å². The van der Waals surface area contributed by atoms with Gasteiger partial charge in [0.05, 0.1) is 27.3 Å². The van der Waals surface area contributed by atoms with E-state index in [4.69, 9.17) is 16.3 Å². The van der Waals surface area contributed by atoms with E-state index < -0.39 is 18.5 Å². The van der Waals surface area contributed by atoms with Gasteiger partial charge in [0.2, 0.25) is 0 Å². The van der Waals surface area contributed by atoms with Crippen LogP contribution >= 0.6 is 11.6 Å².